The van der Waals surface area contributed by atoms with Crippen LogP contribution in [0.15, 0.2) is 77.7 Å². The van der Waals surface area contributed by atoms with Crippen molar-refractivity contribution in [2.75, 3.05) is 44.1 Å². The molecule has 0 aromatic heterocycles. The lowest BCUT2D eigenvalue weighted by Crippen LogP contribution is -2.58. The van der Waals surface area contributed by atoms with Crippen molar-refractivity contribution >= 4 is 50.7 Å². The van der Waals surface area contributed by atoms with E-state index in [0.717, 1.165) is 29.3 Å². The first kappa shape index (κ1) is 29.4. The lowest BCUT2D eigenvalue weighted by molar-refractivity contribution is -0.141. The largest absolute Gasteiger partial charge is 0.337 e. The Morgan fingerprint density at radius 3 is 2.29 bits per heavy atom. The zero-order valence-electron chi connectivity index (χ0n) is 22.7. The predicted molar refractivity (Wildman–Crippen MR) is 161 cm³/mol. The van der Waals surface area contributed by atoms with Crippen LogP contribution in [0.25, 0.3) is 0 Å². The Morgan fingerprint density at radius 1 is 0.927 bits per heavy atom. The highest BCUT2D eigenvalue weighted by molar-refractivity contribution is 7.93. The molecule has 0 saturated carbocycles. The van der Waals surface area contributed by atoms with Crippen molar-refractivity contribution in [2.24, 2.45) is 0 Å². The fourth-order valence-corrected chi connectivity index (χ4v) is 7.23. The van der Waals surface area contributed by atoms with Crippen molar-refractivity contribution in [3.8, 4) is 0 Å². The molecule has 11 heteroatoms. The molecule has 2 aliphatic heterocycles. The molecule has 3 aromatic rings. The third-order valence-corrected chi connectivity index (χ3v) is 10.3. The third kappa shape index (κ3) is 6.38. The molecule has 2 heterocycles. The number of likely N-dealkylation sites (tertiary alicyclic amines) is 1. The summed E-state index contributed by atoms with van der Waals surface area (Å²) >= 11 is 12.3. The molecule has 5 rings (SSSR count). The van der Waals surface area contributed by atoms with Gasteiger partial charge in [0.15, 0.2) is 0 Å². The number of hydrogen-bond donors (Lipinski definition) is 0. The Bertz CT molecular complexity index is 1510. The molecule has 2 fully saturated rings. The summed E-state index contributed by atoms with van der Waals surface area (Å²) in [7, 11) is -2.62. The molecule has 2 aliphatic rings. The average Bonchev–Trinajstić information content (AvgIpc) is 2.99. The van der Waals surface area contributed by atoms with Gasteiger partial charge in [-0.05, 0) is 60.9 Å². The number of nitrogens with zero attached hydrogens (tertiary/aromatic N) is 4. The number of rotatable bonds is 7. The molecule has 8 nitrogen and oxygen atoms in total. The van der Waals surface area contributed by atoms with E-state index in [1.54, 1.807) is 35.2 Å². The van der Waals surface area contributed by atoms with Crippen LogP contribution in [0.5, 0.6) is 0 Å². The molecule has 2 amide bonds. The number of benzene rings is 3. The molecule has 216 valence electrons. The van der Waals surface area contributed by atoms with Crippen LogP contribution in [-0.2, 0) is 21.4 Å². The topological polar surface area (TPSA) is 81.2 Å². The Morgan fingerprint density at radius 2 is 1.61 bits per heavy atom. The number of piperidine rings is 1. The molecule has 0 spiro atoms. The van der Waals surface area contributed by atoms with Gasteiger partial charge in [-0.2, -0.15) is 0 Å². The first-order valence-corrected chi connectivity index (χ1v) is 15.7. The SMILES string of the molecule is CN(c1ccc(Cl)cc1)S(=O)(=O)c1cc(C(=O)N2CCN(C3CCCN(Cc4ccccc4)C3=O)CC2)ccc1Cl. The van der Waals surface area contributed by atoms with Crippen molar-refractivity contribution in [3.05, 3.63) is 94.0 Å². The molecule has 41 heavy (non-hydrogen) atoms. The van der Waals surface area contributed by atoms with Gasteiger partial charge < -0.3 is 9.80 Å². The summed E-state index contributed by atoms with van der Waals surface area (Å²) in [4.78, 5) is 32.4. The van der Waals surface area contributed by atoms with Gasteiger partial charge in [-0.15, -0.1) is 0 Å². The zero-order valence-corrected chi connectivity index (χ0v) is 25.1. The molecule has 0 N–H and O–H groups in total. The Labute approximate surface area is 251 Å². The van der Waals surface area contributed by atoms with Crippen LogP contribution >= 0.6 is 23.2 Å². The van der Waals surface area contributed by atoms with Crippen molar-refractivity contribution in [1.29, 1.82) is 0 Å². The third-order valence-electron chi connectivity index (χ3n) is 7.77. The number of sulfonamides is 1. The first-order chi connectivity index (χ1) is 19.6. The van der Waals surface area contributed by atoms with Gasteiger partial charge in [0.2, 0.25) is 5.91 Å². The van der Waals surface area contributed by atoms with Gasteiger partial charge in [0.25, 0.3) is 15.9 Å². The number of amides is 2. The van der Waals surface area contributed by atoms with E-state index < -0.39 is 10.0 Å². The number of carbonyl (C=O) groups is 2. The normalized spacial score (nSPS) is 18.4. The monoisotopic (exact) mass is 614 g/mol. The number of halogens is 2. The van der Waals surface area contributed by atoms with E-state index in [0.29, 0.717) is 43.4 Å². The smallest absolute Gasteiger partial charge is 0.265 e. The second kappa shape index (κ2) is 12.4. The standard InChI is InChI=1S/C30H32Cl2N4O4S/c1-33(25-12-10-24(31)11-13-25)41(39,40)28-20-23(9-14-26(28)32)29(37)35-18-16-34(17-19-35)27-8-5-15-36(30(27)38)21-22-6-3-2-4-7-22/h2-4,6-7,9-14,20,27H,5,8,15-19,21H2,1H3. The highest BCUT2D eigenvalue weighted by atomic mass is 35.5. The zero-order chi connectivity index (χ0) is 29.1. The Hall–Kier alpha value is -3.11. The molecular weight excluding hydrogens is 583 g/mol. The maximum absolute atomic E-state index is 13.4. The maximum atomic E-state index is 13.4. The van der Waals surface area contributed by atoms with Crippen LogP contribution in [0.3, 0.4) is 0 Å². The second-order valence-electron chi connectivity index (χ2n) is 10.3. The predicted octanol–water partition coefficient (Wildman–Crippen LogP) is 4.77. The van der Waals surface area contributed by atoms with Gasteiger partial charge >= 0.3 is 0 Å². The van der Waals surface area contributed by atoms with Crippen LogP contribution < -0.4 is 4.31 Å². The van der Waals surface area contributed by atoms with Crippen molar-refractivity contribution in [3.63, 3.8) is 0 Å². The Balaban J connectivity index is 1.24. The average molecular weight is 616 g/mol. The number of anilines is 1. The van der Waals surface area contributed by atoms with Crippen molar-refractivity contribution in [1.82, 2.24) is 14.7 Å². The highest BCUT2D eigenvalue weighted by Crippen LogP contribution is 2.30. The van der Waals surface area contributed by atoms with Gasteiger partial charge in [0.1, 0.15) is 4.90 Å². The van der Waals surface area contributed by atoms with Crippen LogP contribution in [0.4, 0.5) is 5.69 Å². The van der Waals surface area contributed by atoms with Gasteiger partial charge in [0.05, 0.1) is 16.8 Å². The number of carbonyl (C=O) groups excluding carboxylic acids is 2. The summed E-state index contributed by atoms with van der Waals surface area (Å²) in [5.41, 5.74) is 1.77. The lowest BCUT2D eigenvalue weighted by atomic mass is 10.0. The molecule has 2 saturated heterocycles. The quantitative estimate of drug-likeness (QED) is 0.383. The first-order valence-electron chi connectivity index (χ1n) is 13.6. The summed E-state index contributed by atoms with van der Waals surface area (Å²) in [5, 5.41) is 0.519. The molecule has 1 atom stereocenters. The minimum Gasteiger partial charge on any atom is -0.337 e. The molecule has 0 bridgehead atoms. The van der Waals surface area contributed by atoms with Crippen molar-refractivity contribution in [2.45, 2.75) is 30.3 Å². The highest BCUT2D eigenvalue weighted by Gasteiger charge is 2.36. The second-order valence-corrected chi connectivity index (χ2v) is 13.1. The van der Waals surface area contributed by atoms with E-state index >= 15 is 0 Å². The van der Waals surface area contributed by atoms with E-state index in [2.05, 4.69) is 4.90 Å². The summed E-state index contributed by atoms with van der Waals surface area (Å²) in [6.07, 6.45) is 1.74. The van der Waals surface area contributed by atoms with E-state index in [-0.39, 0.29) is 33.3 Å². The molecule has 1 unspecified atom stereocenters. The minimum atomic E-state index is -4.04. The van der Waals surface area contributed by atoms with Crippen LogP contribution in [0.2, 0.25) is 10.0 Å². The van der Waals surface area contributed by atoms with E-state index in [9.17, 15) is 18.0 Å². The maximum Gasteiger partial charge on any atom is 0.265 e. The van der Waals surface area contributed by atoms with Crippen LogP contribution in [0.1, 0.15) is 28.8 Å². The van der Waals surface area contributed by atoms with E-state index in [1.165, 1.54) is 19.2 Å². The van der Waals surface area contributed by atoms with Crippen LogP contribution in [0, 0.1) is 0 Å². The van der Waals surface area contributed by atoms with Gasteiger partial charge in [-0.25, -0.2) is 8.42 Å². The molecular formula is C30H32Cl2N4O4S. The molecule has 0 aliphatic carbocycles. The molecule has 3 aromatic carbocycles. The van der Waals surface area contributed by atoms with Gasteiger partial charge in [0, 0.05) is 56.9 Å². The minimum absolute atomic E-state index is 0.0306. The fourth-order valence-electron chi connectivity index (χ4n) is 5.41. The molecule has 0 radical (unpaired) electrons. The van der Waals surface area contributed by atoms with Gasteiger partial charge in [-0.3, -0.25) is 18.8 Å². The summed E-state index contributed by atoms with van der Waals surface area (Å²) < 4.78 is 28.0. The number of piperazine rings is 1. The van der Waals surface area contributed by atoms with Crippen LogP contribution in [-0.4, -0.2) is 80.7 Å². The Kier molecular flexibility index (Phi) is 8.89. The van der Waals surface area contributed by atoms with E-state index in [4.69, 9.17) is 23.2 Å². The van der Waals surface area contributed by atoms with Crippen molar-refractivity contribution < 1.29 is 18.0 Å². The summed E-state index contributed by atoms with van der Waals surface area (Å²) in [6, 6.07) is 20.5. The summed E-state index contributed by atoms with van der Waals surface area (Å²) in [6.45, 7) is 3.37. The van der Waals surface area contributed by atoms with Gasteiger partial charge in [-0.1, -0.05) is 53.5 Å². The number of hydrogen-bond acceptors (Lipinski definition) is 5. The summed E-state index contributed by atoms with van der Waals surface area (Å²) in [5.74, 6) is -0.134. The van der Waals surface area contributed by atoms with E-state index in [1.807, 2.05) is 35.2 Å². The lowest BCUT2D eigenvalue weighted by Gasteiger charge is -2.42. The fraction of sp³-hybridized carbons (Fsp3) is 0.333.